The van der Waals surface area contributed by atoms with Gasteiger partial charge in [-0.15, -0.1) is 0 Å². The molecular formula is C18H22N4O. The number of aromatic nitrogens is 3. The molecule has 5 heteroatoms. The first-order valence-corrected chi connectivity index (χ1v) is 8.37. The van der Waals surface area contributed by atoms with Crippen molar-refractivity contribution in [2.75, 3.05) is 6.54 Å². The number of hydrogen-bond donors (Lipinski definition) is 1. The minimum atomic E-state index is 0.331. The monoisotopic (exact) mass is 310 g/mol. The third kappa shape index (κ3) is 2.77. The fraction of sp³-hybridized carbons (Fsp3) is 0.444. The summed E-state index contributed by atoms with van der Waals surface area (Å²) >= 11 is 0. The maximum absolute atomic E-state index is 5.45. The molecule has 0 unspecified atom stereocenters. The zero-order valence-corrected chi connectivity index (χ0v) is 13.7. The molecule has 1 aliphatic rings. The number of rotatable bonds is 4. The molecule has 4 rings (SSSR count). The Morgan fingerprint density at radius 1 is 1.35 bits per heavy atom. The van der Waals surface area contributed by atoms with Crippen molar-refractivity contribution in [1.82, 2.24) is 20.0 Å². The van der Waals surface area contributed by atoms with Crippen LogP contribution in [0, 0.1) is 6.92 Å². The molecule has 0 amide bonds. The van der Waals surface area contributed by atoms with Crippen LogP contribution in [0.3, 0.4) is 0 Å². The highest BCUT2D eigenvalue weighted by atomic mass is 16.5. The number of H-pyrrole nitrogens is 1. The number of nitrogens with one attached hydrogen (secondary N) is 1. The van der Waals surface area contributed by atoms with Gasteiger partial charge in [0.1, 0.15) is 5.82 Å². The van der Waals surface area contributed by atoms with Gasteiger partial charge >= 0.3 is 0 Å². The first-order valence-electron chi connectivity index (χ1n) is 8.37. The van der Waals surface area contributed by atoms with Gasteiger partial charge in [-0.1, -0.05) is 18.1 Å². The van der Waals surface area contributed by atoms with Crippen molar-refractivity contribution in [1.29, 1.82) is 0 Å². The molecule has 0 bridgehead atoms. The molecule has 1 atom stereocenters. The van der Waals surface area contributed by atoms with Crippen molar-refractivity contribution in [2.24, 2.45) is 0 Å². The molecule has 1 saturated heterocycles. The molecule has 1 N–H and O–H groups in total. The minimum Gasteiger partial charge on any atom is -0.360 e. The standard InChI is InChI=1S/C18H22N4O/c1-3-13-10-14(23-21-13)11-22-8-4-5-17(22)18-19-15-7-6-12(2)9-16(15)20-18/h6-7,9-10,17H,3-5,8,11H2,1-2H3,(H,19,20)/t17-/m0/s1. The van der Waals surface area contributed by atoms with Gasteiger partial charge in [0, 0.05) is 6.07 Å². The summed E-state index contributed by atoms with van der Waals surface area (Å²) in [6.07, 6.45) is 3.24. The second kappa shape index (κ2) is 5.81. The predicted molar refractivity (Wildman–Crippen MR) is 89.1 cm³/mol. The molecular weight excluding hydrogens is 288 g/mol. The number of likely N-dealkylation sites (tertiary alicyclic amines) is 1. The molecule has 0 aliphatic carbocycles. The molecule has 0 saturated carbocycles. The van der Waals surface area contributed by atoms with Crippen molar-refractivity contribution in [3.63, 3.8) is 0 Å². The number of aryl methyl sites for hydroxylation is 2. The van der Waals surface area contributed by atoms with Gasteiger partial charge in [0.25, 0.3) is 0 Å². The SMILES string of the molecule is CCc1cc(CN2CCC[C@H]2c2nc3ccc(C)cc3[nH]2)on1. The van der Waals surface area contributed by atoms with E-state index < -0.39 is 0 Å². The molecule has 1 fully saturated rings. The number of fused-ring (bicyclic) bond motifs is 1. The van der Waals surface area contributed by atoms with E-state index in [1.165, 1.54) is 12.0 Å². The van der Waals surface area contributed by atoms with Crippen LogP contribution in [0.15, 0.2) is 28.8 Å². The van der Waals surface area contributed by atoms with Crippen LogP contribution >= 0.6 is 0 Å². The smallest absolute Gasteiger partial charge is 0.150 e. The molecule has 120 valence electrons. The number of hydrogen-bond acceptors (Lipinski definition) is 4. The maximum Gasteiger partial charge on any atom is 0.150 e. The maximum atomic E-state index is 5.45. The zero-order valence-electron chi connectivity index (χ0n) is 13.7. The van der Waals surface area contributed by atoms with Crippen LogP contribution < -0.4 is 0 Å². The Bertz CT molecular complexity index is 819. The number of imidazole rings is 1. The van der Waals surface area contributed by atoms with Gasteiger partial charge < -0.3 is 9.51 Å². The van der Waals surface area contributed by atoms with Crippen molar-refractivity contribution >= 4 is 11.0 Å². The Labute approximate surface area is 135 Å². The van der Waals surface area contributed by atoms with Crippen LogP contribution in [0.1, 0.15) is 48.6 Å². The van der Waals surface area contributed by atoms with Crippen LogP contribution in [0.25, 0.3) is 11.0 Å². The number of aromatic amines is 1. The summed E-state index contributed by atoms with van der Waals surface area (Å²) in [5, 5.41) is 4.09. The van der Waals surface area contributed by atoms with E-state index in [4.69, 9.17) is 9.51 Å². The number of nitrogens with zero attached hydrogens (tertiary/aromatic N) is 3. The van der Waals surface area contributed by atoms with Gasteiger partial charge in [-0.2, -0.15) is 0 Å². The molecule has 5 nitrogen and oxygen atoms in total. The normalized spacial score (nSPS) is 19.0. The topological polar surface area (TPSA) is 58.0 Å². The molecule has 2 aromatic heterocycles. The average Bonchev–Trinajstić information content (AvgIpc) is 3.25. The van der Waals surface area contributed by atoms with Crippen molar-refractivity contribution in [3.8, 4) is 0 Å². The van der Waals surface area contributed by atoms with E-state index in [2.05, 4.69) is 53.2 Å². The second-order valence-electron chi connectivity index (χ2n) is 6.41. The summed E-state index contributed by atoms with van der Waals surface area (Å²) in [5.41, 5.74) is 4.45. The van der Waals surface area contributed by atoms with Crippen LogP contribution in [0.5, 0.6) is 0 Å². The fourth-order valence-corrected chi connectivity index (χ4v) is 3.42. The Morgan fingerprint density at radius 2 is 2.26 bits per heavy atom. The lowest BCUT2D eigenvalue weighted by Crippen LogP contribution is -2.23. The summed E-state index contributed by atoms with van der Waals surface area (Å²) in [4.78, 5) is 10.8. The summed E-state index contributed by atoms with van der Waals surface area (Å²) < 4.78 is 5.45. The lowest BCUT2D eigenvalue weighted by Gasteiger charge is -2.21. The third-order valence-electron chi connectivity index (χ3n) is 4.66. The summed E-state index contributed by atoms with van der Waals surface area (Å²) in [5.74, 6) is 2.01. The Balaban J connectivity index is 1.58. The van der Waals surface area contributed by atoms with Gasteiger partial charge in [0.2, 0.25) is 0 Å². The first kappa shape index (κ1) is 14.5. The van der Waals surface area contributed by atoms with Crippen molar-refractivity contribution < 1.29 is 4.52 Å². The van der Waals surface area contributed by atoms with Crippen LogP contribution in [0.4, 0.5) is 0 Å². The molecule has 1 aromatic carbocycles. The van der Waals surface area contributed by atoms with E-state index in [-0.39, 0.29) is 0 Å². The van der Waals surface area contributed by atoms with E-state index in [9.17, 15) is 0 Å². The lowest BCUT2D eigenvalue weighted by molar-refractivity contribution is 0.211. The highest BCUT2D eigenvalue weighted by Gasteiger charge is 2.29. The quantitative estimate of drug-likeness (QED) is 0.797. The highest BCUT2D eigenvalue weighted by Crippen LogP contribution is 2.32. The van der Waals surface area contributed by atoms with Gasteiger partial charge in [0.15, 0.2) is 5.76 Å². The van der Waals surface area contributed by atoms with E-state index in [0.717, 1.165) is 54.2 Å². The van der Waals surface area contributed by atoms with Crippen molar-refractivity contribution in [2.45, 2.75) is 45.7 Å². The molecule has 3 aromatic rings. The molecule has 0 radical (unpaired) electrons. The Hall–Kier alpha value is -2.14. The minimum absolute atomic E-state index is 0.331. The zero-order chi connectivity index (χ0) is 15.8. The van der Waals surface area contributed by atoms with Crippen molar-refractivity contribution in [3.05, 3.63) is 47.1 Å². The van der Waals surface area contributed by atoms with Gasteiger partial charge in [-0.05, 0) is 50.4 Å². The van der Waals surface area contributed by atoms with E-state index in [0.29, 0.717) is 6.04 Å². The van der Waals surface area contributed by atoms with Crippen LogP contribution in [0.2, 0.25) is 0 Å². The average molecular weight is 310 g/mol. The predicted octanol–water partition coefficient (Wildman–Crippen LogP) is 3.76. The highest BCUT2D eigenvalue weighted by molar-refractivity contribution is 5.75. The summed E-state index contributed by atoms with van der Waals surface area (Å²) in [7, 11) is 0. The van der Waals surface area contributed by atoms with Gasteiger partial charge in [-0.3, -0.25) is 4.90 Å². The molecule has 3 heterocycles. The molecule has 23 heavy (non-hydrogen) atoms. The van der Waals surface area contributed by atoms with E-state index >= 15 is 0 Å². The third-order valence-corrected chi connectivity index (χ3v) is 4.66. The van der Waals surface area contributed by atoms with Gasteiger partial charge in [-0.25, -0.2) is 4.98 Å². The molecule has 1 aliphatic heterocycles. The lowest BCUT2D eigenvalue weighted by atomic mass is 10.2. The molecule has 0 spiro atoms. The Morgan fingerprint density at radius 3 is 3.09 bits per heavy atom. The first-order chi connectivity index (χ1) is 11.2. The Kier molecular flexibility index (Phi) is 3.65. The largest absolute Gasteiger partial charge is 0.360 e. The van der Waals surface area contributed by atoms with E-state index in [1.54, 1.807) is 0 Å². The van der Waals surface area contributed by atoms with E-state index in [1.807, 2.05) is 0 Å². The number of benzene rings is 1. The second-order valence-corrected chi connectivity index (χ2v) is 6.41. The summed E-state index contributed by atoms with van der Waals surface area (Å²) in [6.45, 7) is 6.07. The van der Waals surface area contributed by atoms with Gasteiger partial charge in [0.05, 0.1) is 29.3 Å². The fourth-order valence-electron chi connectivity index (χ4n) is 3.42. The van der Waals surface area contributed by atoms with Crippen LogP contribution in [-0.4, -0.2) is 26.6 Å². The summed E-state index contributed by atoms with van der Waals surface area (Å²) in [6, 6.07) is 8.76. The van der Waals surface area contributed by atoms with Crippen LogP contribution in [-0.2, 0) is 13.0 Å².